The van der Waals surface area contributed by atoms with Crippen LogP contribution in [-0.4, -0.2) is 18.9 Å². The highest BCUT2D eigenvalue weighted by Crippen LogP contribution is 2.22. The van der Waals surface area contributed by atoms with Gasteiger partial charge in [0, 0.05) is 11.1 Å². The minimum atomic E-state index is -0.505. The molecule has 0 aromatic heterocycles. The molecule has 2 amide bonds. The summed E-state index contributed by atoms with van der Waals surface area (Å²) in [7, 11) is 1.50. The Labute approximate surface area is 137 Å². The average molecular weight is 339 g/mol. The van der Waals surface area contributed by atoms with E-state index in [1.54, 1.807) is 24.3 Å². The molecule has 0 aliphatic rings. The van der Waals surface area contributed by atoms with Gasteiger partial charge in [-0.1, -0.05) is 29.3 Å². The molecule has 0 heterocycles. The van der Waals surface area contributed by atoms with Crippen LogP contribution >= 0.6 is 23.2 Å². The molecule has 2 rings (SSSR count). The van der Waals surface area contributed by atoms with E-state index >= 15 is 0 Å². The van der Waals surface area contributed by atoms with Crippen molar-refractivity contribution in [2.24, 2.45) is 0 Å². The number of carbonyl (C=O) groups is 2. The number of hydrazine groups is 1. The molecule has 0 saturated carbocycles. The van der Waals surface area contributed by atoms with Crippen molar-refractivity contribution in [3.8, 4) is 5.75 Å². The lowest BCUT2D eigenvalue weighted by atomic mass is 10.2. The summed E-state index contributed by atoms with van der Waals surface area (Å²) in [6.07, 6.45) is 0. The van der Waals surface area contributed by atoms with Gasteiger partial charge in [0.1, 0.15) is 5.75 Å². The quantitative estimate of drug-likeness (QED) is 0.845. The van der Waals surface area contributed by atoms with Gasteiger partial charge >= 0.3 is 0 Å². The Morgan fingerprint density at radius 2 is 1.55 bits per heavy atom. The Balaban J connectivity index is 2.00. The fourth-order valence-electron chi connectivity index (χ4n) is 1.66. The van der Waals surface area contributed by atoms with E-state index in [1.165, 1.54) is 25.3 Å². The van der Waals surface area contributed by atoms with Crippen LogP contribution in [-0.2, 0) is 0 Å². The van der Waals surface area contributed by atoms with Gasteiger partial charge in [-0.2, -0.15) is 0 Å². The number of rotatable bonds is 3. The van der Waals surface area contributed by atoms with E-state index in [9.17, 15) is 9.59 Å². The van der Waals surface area contributed by atoms with Crippen molar-refractivity contribution in [3.63, 3.8) is 0 Å². The third-order valence-corrected chi connectivity index (χ3v) is 3.54. The third kappa shape index (κ3) is 3.90. The summed E-state index contributed by atoms with van der Waals surface area (Å²) in [4.78, 5) is 23.9. The van der Waals surface area contributed by atoms with Crippen LogP contribution in [0.25, 0.3) is 0 Å². The predicted octanol–water partition coefficient (Wildman–Crippen LogP) is 3.08. The van der Waals surface area contributed by atoms with Crippen LogP contribution in [0.2, 0.25) is 10.0 Å². The number of halogens is 2. The van der Waals surface area contributed by atoms with Crippen molar-refractivity contribution in [1.29, 1.82) is 0 Å². The van der Waals surface area contributed by atoms with Gasteiger partial charge in [-0.3, -0.25) is 20.4 Å². The molecule has 0 atom stereocenters. The normalized spacial score (nSPS) is 9.95. The summed E-state index contributed by atoms with van der Waals surface area (Å²) in [6.45, 7) is 0. The van der Waals surface area contributed by atoms with E-state index in [0.717, 1.165) is 0 Å². The second-order valence-corrected chi connectivity index (χ2v) is 5.08. The first-order valence-electron chi connectivity index (χ1n) is 6.21. The Hall–Kier alpha value is -2.24. The summed E-state index contributed by atoms with van der Waals surface area (Å²) >= 11 is 11.6. The Kier molecular flexibility index (Phi) is 5.25. The lowest BCUT2D eigenvalue weighted by molar-refractivity contribution is 0.0846. The standard InChI is InChI=1S/C15H12Cl2N2O3/c1-22-11-4-2-3-9(7-11)14(20)18-19-15(21)10-5-6-12(16)13(17)8-10/h2-8H,1H3,(H,18,20)(H,19,21). The SMILES string of the molecule is COc1cccc(C(=O)NNC(=O)c2ccc(Cl)c(Cl)c2)c1. The summed E-state index contributed by atoms with van der Waals surface area (Å²) in [5.74, 6) is -0.425. The van der Waals surface area contributed by atoms with Crippen LogP contribution in [0, 0.1) is 0 Å². The predicted molar refractivity (Wildman–Crippen MR) is 84.4 cm³/mol. The molecule has 114 valence electrons. The van der Waals surface area contributed by atoms with Crippen molar-refractivity contribution in [3.05, 3.63) is 63.6 Å². The fourth-order valence-corrected chi connectivity index (χ4v) is 1.96. The number of amides is 2. The number of nitrogens with one attached hydrogen (secondary N) is 2. The van der Waals surface area contributed by atoms with Crippen LogP contribution < -0.4 is 15.6 Å². The number of hydrogen-bond donors (Lipinski definition) is 2. The molecular formula is C15H12Cl2N2O3. The van der Waals surface area contributed by atoms with E-state index in [-0.39, 0.29) is 10.6 Å². The van der Waals surface area contributed by atoms with Gasteiger partial charge in [0.2, 0.25) is 0 Å². The first kappa shape index (κ1) is 16.1. The van der Waals surface area contributed by atoms with Gasteiger partial charge in [-0.25, -0.2) is 0 Å². The maximum absolute atomic E-state index is 11.9. The minimum Gasteiger partial charge on any atom is -0.497 e. The van der Waals surface area contributed by atoms with Crippen molar-refractivity contribution in [2.75, 3.05) is 7.11 Å². The topological polar surface area (TPSA) is 67.4 Å². The zero-order valence-corrected chi connectivity index (χ0v) is 13.0. The summed E-state index contributed by atoms with van der Waals surface area (Å²) < 4.78 is 5.03. The monoisotopic (exact) mass is 338 g/mol. The highest BCUT2D eigenvalue weighted by molar-refractivity contribution is 6.42. The maximum atomic E-state index is 11.9. The van der Waals surface area contributed by atoms with Gasteiger partial charge in [0.15, 0.2) is 0 Å². The lowest BCUT2D eigenvalue weighted by Crippen LogP contribution is -2.41. The van der Waals surface area contributed by atoms with Crippen molar-refractivity contribution < 1.29 is 14.3 Å². The molecule has 2 aromatic rings. The molecule has 2 N–H and O–H groups in total. The summed E-state index contributed by atoms with van der Waals surface area (Å²) in [5, 5.41) is 0.604. The van der Waals surface area contributed by atoms with E-state index in [0.29, 0.717) is 16.3 Å². The van der Waals surface area contributed by atoms with Crippen LogP contribution in [0.3, 0.4) is 0 Å². The molecule has 0 bridgehead atoms. The first-order chi connectivity index (χ1) is 10.5. The van der Waals surface area contributed by atoms with Crippen LogP contribution in [0.1, 0.15) is 20.7 Å². The average Bonchev–Trinajstić information content (AvgIpc) is 2.54. The molecular weight excluding hydrogens is 327 g/mol. The second-order valence-electron chi connectivity index (χ2n) is 4.27. The Morgan fingerprint density at radius 1 is 0.909 bits per heavy atom. The van der Waals surface area contributed by atoms with Gasteiger partial charge in [0.25, 0.3) is 11.8 Å². The molecule has 7 heteroatoms. The number of benzene rings is 2. The molecule has 0 saturated heterocycles. The maximum Gasteiger partial charge on any atom is 0.269 e. The number of ether oxygens (including phenoxy) is 1. The van der Waals surface area contributed by atoms with E-state index in [2.05, 4.69) is 10.9 Å². The van der Waals surface area contributed by atoms with Crippen molar-refractivity contribution in [2.45, 2.75) is 0 Å². The first-order valence-corrected chi connectivity index (χ1v) is 6.96. The molecule has 0 aliphatic carbocycles. The minimum absolute atomic E-state index is 0.258. The Bertz CT molecular complexity index is 720. The second kappa shape index (κ2) is 7.15. The molecule has 0 unspecified atom stereocenters. The molecule has 22 heavy (non-hydrogen) atoms. The van der Waals surface area contributed by atoms with Crippen LogP contribution in [0.4, 0.5) is 0 Å². The zero-order chi connectivity index (χ0) is 16.1. The third-order valence-electron chi connectivity index (χ3n) is 2.80. The number of methoxy groups -OCH3 is 1. The zero-order valence-electron chi connectivity index (χ0n) is 11.5. The molecule has 2 aromatic carbocycles. The van der Waals surface area contributed by atoms with Crippen molar-refractivity contribution >= 4 is 35.0 Å². The van der Waals surface area contributed by atoms with E-state index in [4.69, 9.17) is 27.9 Å². The summed E-state index contributed by atoms with van der Waals surface area (Å²) in [6, 6.07) is 11.0. The Morgan fingerprint density at radius 3 is 2.14 bits per heavy atom. The smallest absolute Gasteiger partial charge is 0.269 e. The molecule has 0 fully saturated rings. The van der Waals surface area contributed by atoms with Crippen LogP contribution in [0.5, 0.6) is 5.75 Å². The fraction of sp³-hybridized carbons (Fsp3) is 0.0667. The number of hydrogen-bond acceptors (Lipinski definition) is 3. The highest BCUT2D eigenvalue weighted by Gasteiger charge is 2.11. The molecule has 0 radical (unpaired) electrons. The molecule has 0 aliphatic heterocycles. The largest absolute Gasteiger partial charge is 0.497 e. The van der Waals surface area contributed by atoms with E-state index in [1.807, 2.05) is 0 Å². The van der Waals surface area contributed by atoms with Gasteiger partial charge in [0.05, 0.1) is 17.2 Å². The number of carbonyl (C=O) groups excluding carboxylic acids is 2. The van der Waals surface area contributed by atoms with Crippen LogP contribution in [0.15, 0.2) is 42.5 Å². The molecule has 0 spiro atoms. The van der Waals surface area contributed by atoms with E-state index < -0.39 is 11.8 Å². The molecule has 5 nitrogen and oxygen atoms in total. The van der Waals surface area contributed by atoms with Gasteiger partial charge < -0.3 is 4.74 Å². The highest BCUT2D eigenvalue weighted by atomic mass is 35.5. The van der Waals surface area contributed by atoms with Crippen molar-refractivity contribution in [1.82, 2.24) is 10.9 Å². The van der Waals surface area contributed by atoms with Gasteiger partial charge in [-0.15, -0.1) is 0 Å². The van der Waals surface area contributed by atoms with Gasteiger partial charge in [-0.05, 0) is 36.4 Å². The summed E-state index contributed by atoms with van der Waals surface area (Å²) in [5.41, 5.74) is 5.25. The lowest BCUT2D eigenvalue weighted by Gasteiger charge is -2.09.